The van der Waals surface area contributed by atoms with Gasteiger partial charge in [-0.1, -0.05) is 12.1 Å². The molecule has 0 aliphatic carbocycles. The van der Waals surface area contributed by atoms with Gasteiger partial charge in [-0.15, -0.1) is 0 Å². The van der Waals surface area contributed by atoms with Gasteiger partial charge in [-0.05, 0) is 43.5 Å². The average molecular weight is 257 g/mol. The number of fused-ring (bicyclic) bond motifs is 1. The maximum Gasteiger partial charge on any atom is 0.223 e. The van der Waals surface area contributed by atoms with Crippen LogP contribution in [0.2, 0.25) is 0 Å². The van der Waals surface area contributed by atoms with E-state index in [1.807, 2.05) is 25.4 Å². The molecule has 1 aromatic heterocycles. The number of nitrogens with one attached hydrogen (secondary N) is 2. The van der Waals surface area contributed by atoms with Crippen molar-refractivity contribution in [2.24, 2.45) is 0 Å². The molecule has 4 nitrogen and oxygen atoms in total. The third-order valence-corrected chi connectivity index (χ3v) is 3.59. The molecule has 0 spiro atoms. The monoisotopic (exact) mass is 257 g/mol. The molecule has 3 rings (SSSR count). The lowest BCUT2D eigenvalue weighted by Crippen LogP contribution is -2.34. The van der Waals surface area contributed by atoms with E-state index < -0.39 is 0 Å². The van der Waals surface area contributed by atoms with Crippen molar-refractivity contribution >= 4 is 16.5 Å². The maximum atomic E-state index is 6.12. The Morgan fingerprint density at radius 2 is 2.11 bits per heavy atom. The summed E-state index contributed by atoms with van der Waals surface area (Å²) < 4.78 is 6.12. The van der Waals surface area contributed by atoms with Crippen LogP contribution in [0.4, 0.5) is 5.69 Å². The van der Waals surface area contributed by atoms with Crippen LogP contribution < -0.4 is 15.4 Å². The predicted octanol–water partition coefficient (Wildman–Crippen LogP) is 2.41. The fourth-order valence-corrected chi connectivity index (χ4v) is 2.57. The molecule has 2 N–H and O–H groups in total. The molecule has 0 atom stereocenters. The first-order chi connectivity index (χ1) is 9.38. The van der Waals surface area contributed by atoms with Crippen LogP contribution in [0.3, 0.4) is 0 Å². The van der Waals surface area contributed by atoms with Crippen LogP contribution in [0.15, 0.2) is 30.5 Å². The van der Waals surface area contributed by atoms with E-state index in [9.17, 15) is 0 Å². The summed E-state index contributed by atoms with van der Waals surface area (Å²) in [6, 6.07) is 8.21. The number of hydrogen-bond donors (Lipinski definition) is 2. The van der Waals surface area contributed by atoms with Gasteiger partial charge >= 0.3 is 0 Å². The van der Waals surface area contributed by atoms with Crippen LogP contribution in [0, 0.1) is 0 Å². The molecule has 100 valence electrons. The zero-order valence-electron chi connectivity index (χ0n) is 11.1. The summed E-state index contributed by atoms with van der Waals surface area (Å²) in [6.45, 7) is 2.04. The molecule has 0 radical (unpaired) electrons. The molecule has 4 heteroatoms. The van der Waals surface area contributed by atoms with Crippen molar-refractivity contribution in [3.63, 3.8) is 0 Å². The lowest BCUT2D eigenvalue weighted by atomic mass is 10.1. The van der Waals surface area contributed by atoms with Gasteiger partial charge in [0, 0.05) is 18.9 Å². The van der Waals surface area contributed by atoms with Gasteiger partial charge in [-0.25, -0.2) is 4.98 Å². The van der Waals surface area contributed by atoms with E-state index in [2.05, 4.69) is 27.8 Å². The average Bonchev–Trinajstić information content (AvgIpc) is 2.48. The van der Waals surface area contributed by atoms with Crippen molar-refractivity contribution in [3.05, 3.63) is 30.5 Å². The number of benzene rings is 1. The van der Waals surface area contributed by atoms with Crippen molar-refractivity contribution in [2.45, 2.75) is 18.9 Å². The highest BCUT2D eigenvalue weighted by Crippen LogP contribution is 2.31. The van der Waals surface area contributed by atoms with E-state index in [-0.39, 0.29) is 6.10 Å². The topological polar surface area (TPSA) is 46.2 Å². The molecule has 1 fully saturated rings. The molecular weight excluding hydrogens is 238 g/mol. The van der Waals surface area contributed by atoms with Gasteiger partial charge in [0.25, 0.3) is 0 Å². The Bertz CT molecular complexity index is 559. The number of ether oxygens (including phenoxy) is 1. The van der Waals surface area contributed by atoms with E-state index in [1.54, 1.807) is 0 Å². The second-order valence-corrected chi connectivity index (χ2v) is 4.84. The summed E-state index contributed by atoms with van der Waals surface area (Å²) in [4.78, 5) is 4.43. The Morgan fingerprint density at radius 1 is 1.26 bits per heavy atom. The predicted molar refractivity (Wildman–Crippen MR) is 77.8 cm³/mol. The van der Waals surface area contributed by atoms with Gasteiger partial charge in [0.05, 0.1) is 5.39 Å². The number of piperidine rings is 1. The van der Waals surface area contributed by atoms with E-state index in [0.29, 0.717) is 0 Å². The number of aromatic nitrogens is 1. The minimum Gasteiger partial charge on any atom is -0.474 e. The maximum absolute atomic E-state index is 6.12. The Kier molecular flexibility index (Phi) is 3.51. The van der Waals surface area contributed by atoms with Crippen molar-refractivity contribution in [2.75, 3.05) is 25.5 Å². The van der Waals surface area contributed by atoms with Crippen LogP contribution >= 0.6 is 0 Å². The summed E-state index contributed by atoms with van der Waals surface area (Å²) in [5.74, 6) is 0.745. The number of anilines is 1. The summed E-state index contributed by atoms with van der Waals surface area (Å²) >= 11 is 0. The molecule has 0 unspecified atom stereocenters. The zero-order valence-corrected chi connectivity index (χ0v) is 11.1. The van der Waals surface area contributed by atoms with Crippen LogP contribution in [-0.4, -0.2) is 31.2 Å². The summed E-state index contributed by atoms with van der Waals surface area (Å²) in [7, 11) is 1.93. The number of pyridine rings is 1. The normalized spacial score (nSPS) is 16.5. The minimum absolute atomic E-state index is 0.268. The van der Waals surface area contributed by atoms with Gasteiger partial charge in [0.15, 0.2) is 0 Å². The first-order valence-electron chi connectivity index (χ1n) is 6.81. The standard InChI is InChI=1S/C15H19N3O/c1-16-13-4-2-3-11-5-10-18-15(14(11)13)19-12-6-8-17-9-7-12/h2-5,10,12,16-17H,6-9H2,1H3. The zero-order chi connectivity index (χ0) is 13.1. The molecule has 19 heavy (non-hydrogen) atoms. The number of nitrogens with zero attached hydrogens (tertiary/aromatic N) is 1. The van der Waals surface area contributed by atoms with E-state index in [1.165, 1.54) is 0 Å². The van der Waals surface area contributed by atoms with E-state index >= 15 is 0 Å². The number of hydrogen-bond acceptors (Lipinski definition) is 4. The fourth-order valence-electron chi connectivity index (χ4n) is 2.57. The SMILES string of the molecule is CNc1cccc2ccnc(OC3CCNCC3)c12. The van der Waals surface area contributed by atoms with Gasteiger partial charge in [0.2, 0.25) is 5.88 Å². The summed E-state index contributed by atoms with van der Waals surface area (Å²) in [5, 5.41) is 8.80. The molecule has 2 heterocycles. The Hall–Kier alpha value is -1.81. The third-order valence-electron chi connectivity index (χ3n) is 3.59. The molecule has 0 amide bonds. The van der Waals surface area contributed by atoms with Crippen LogP contribution in [0.5, 0.6) is 5.88 Å². The molecular formula is C15H19N3O. The van der Waals surface area contributed by atoms with Gasteiger partial charge in [-0.2, -0.15) is 0 Å². The highest BCUT2D eigenvalue weighted by Gasteiger charge is 2.17. The molecule has 1 aliphatic rings. The quantitative estimate of drug-likeness (QED) is 0.886. The Morgan fingerprint density at radius 3 is 2.89 bits per heavy atom. The molecule has 0 bridgehead atoms. The van der Waals surface area contributed by atoms with Gasteiger partial charge in [-0.3, -0.25) is 0 Å². The smallest absolute Gasteiger partial charge is 0.223 e. The Balaban J connectivity index is 1.97. The van der Waals surface area contributed by atoms with Gasteiger partial charge < -0.3 is 15.4 Å². The second-order valence-electron chi connectivity index (χ2n) is 4.84. The van der Waals surface area contributed by atoms with Crippen LogP contribution in [0.1, 0.15) is 12.8 Å². The van der Waals surface area contributed by atoms with Crippen molar-refractivity contribution < 1.29 is 4.74 Å². The highest BCUT2D eigenvalue weighted by molar-refractivity contribution is 5.97. The second kappa shape index (κ2) is 5.45. The van der Waals surface area contributed by atoms with Gasteiger partial charge in [0.1, 0.15) is 6.10 Å². The Labute approximate surface area is 113 Å². The fraction of sp³-hybridized carbons (Fsp3) is 0.400. The lowest BCUT2D eigenvalue weighted by molar-refractivity contribution is 0.158. The molecule has 1 saturated heterocycles. The van der Waals surface area contributed by atoms with Crippen molar-refractivity contribution in [1.29, 1.82) is 0 Å². The van der Waals surface area contributed by atoms with Crippen molar-refractivity contribution in [1.82, 2.24) is 10.3 Å². The lowest BCUT2D eigenvalue weighted by Gasteiger charge is -2.24. The van der Waals surface area contributed by atoms with E-state index in [0.717, 1.165) is 48.3 Å². The highest BCUT2D eigenvalue weighted by atomic mass is 16.5. The molecule has 2 aromatic rings. The van der Waals surface area contributed by atoms with Crippen molar-refractivity contribution in [3.8, 4) is 5.88 Å². The summed E-state index contributed by atoms with van der Waals surface area (Å²) in [6.07, 6.45) is 4.17. The number of rotatable bonds is 3. The first-order valence-corrected chi connectivity index (χ1v) is 6.81. The minimum atomic E-state index is 0.268. The molecule has 0 saturated carbocycles. The van der Waals surface area contributed by atoms with E-state index in [4.69, 9.17) is 4.74 Å². The summed E-state index contributed by atoms with van der Waals surface area (Å²) in [5.41, 5.74) is 1.06. The first kappa shape index (κ1) is 12.2. The molecule has 1 aliphatic heterocycles. The van der Waals surface area contributed by atoms with Crippen LogP contribution in [-0.2, 0) is 0 Å². The van der Waals surface area contributed by atoms with Crippen LogP contribution in [0.25, 0.3) is 10.8 Å². The largest absolute Gasteiger partial charge is 0.474 e. The third kappa shape index (κ3) is 2.49. The molecule has 1 aromatic carbocycles.